The summed E-state index contributed by atoms with van der Waals surface area (Å²) in [5, 5.41) is 0. The zero-order chi connectivity index (χ0) is 27.2. The number of rotatable bonds is 15. The van der Waals surface area contributed by atoms with Crippen LogP contribution in [0.5, 0.6) is 5.75 Å². The molecule has 0 radical (unpaired) electrons. The minimum atomic E-state index is -0.527. The van der Waals surface area contributed by atoms with Crippen molar-refractivity contribution < 1.29 is 28.6 Å². The Morgan fingerprint density at radius 2 is 1.24 bits per heavy atom. The summed E-state index contributed by atoms with van der Waals surface area (Å²) in [6.45, 7) is 14.5. The van der Waals surface area contributed by atoms with Crippen LogP contribution < -0.4 is 4.74 Å². The van der Waals surface area contributed by atoms with Crippen molar-refractivity contribution in [1.82, 2.24) is 0 Å². The number of unbranched alkanes of at least 4 members (excludes halogenated alkanes) is 2. The number of ether oxygens (including phenoxy) is 3. The van der Waals surface area contributed by atoms with Crippen LogP contribution in [0.2, 0.25) is 0 Å². The van der Waals surface area contributed by atoms with Gasteiger partial charge in [0.1, 0.15) is 5.75 Å². The fourth-order valence-electron chi connectivity index (χ4n) is 3.61. The van der Waals surface area contributed by atoms with Crippen molar-refractivity contribution in [3.05, 3.63) is 90.6 Å². The Labute approximate surface area is 219 Å². The summed E-state index contributed by atoms with van der Waals surface area (Å²) in [7, 11) is 0. The molecule has 0 spiro atoms. The summed E-state index contributed by atoms with van der Waals surface area (Å²) >= 11 is 0. The number of hydrogen-bond donors (Lipinski definition) is 0. The molecule has 37 heavy (non-hydrogen) atoms. The molecule has 2 aromatic rings. The van der Waals surface area contributed by atoms with Crippen molar-refractivity contribution in [3.63, 3.8) is 0 Å². The summed E-state index contributed by atoms with van der Waals surface area (Å²) in [6.07, 6.45) is 5.20. The van der Waals surface area contributed by atoms with E-state index in [-0.39, 0.29) is 0 Å². The van der Waals surface area contributed by atoms with Crippen LogP contribution in [0, 0.1) is 0 Å². The van der Waals surface area contributed by atoms with E-state index in [1.807, 2.05) is 42.5 Å². The molecule has 2 rings (SSSR count). The normalized spacial score (nSPS) is 10.3. The minimum absolute atomic E-state index is 0.293. The Morgan fingerprint density at radius 3 is 1.68 bits per heavy atom. The van der Waals surface area contributed by atoms with E-state index in [2.05, 4.69) is 19.7 Å². The highest BCUT2D eigenvalue weighted by Gasteiger charge is 2.16. The highest BCUT2D eigenvalue weighted by atomic mass is 16.5. The van der Waals surface area contributed by atoms with Crippen molar-refractivity contribution in [1.29, 1.82) is 0 Å². The fraction of sp³-hybridized carbons (Fsp3) is 0.323. The number of benzene rings is 2. The van der Waals surface area contributed by atoms with Gasteiger partial charge in [-0.2, -0.15) is 0 Å². The Kier molecular flexibility index (Phi) is 12.1. The average Bonchev–Trinajstić information content (AvgIpc) is 2.89. The molecule has 0 aliphatic rings. The van der Waals surface area contributed by atoms with Gasteiger partial charge in [0.2, 0.25) is 0 Å². The third-order valence-corrected chi connectivity index (χ3v) is 5.56. The van der Waals surface area contributed by atoms with Crippen LogP contribution in [0.1, 0.15) is 50.7 Å². The lowest BCUT2D eigenvalue weighted by atomic mass is 9.94. The monoisotopic (exact) mass is 504 g/mol. The second-order valence-electron chi connectivity index (χ2n) is 8.86. The van der Waals surface area contributed by atoms with Crippen LogP contribution >= 0.6 is 0 Å². The molecule has 6 nitrogen and oxygen atoms in total. The zero-order valence-corrected chi connectivity index (χ0v) is 21.8. The maximum Gasteiger partial charge on any atom is 0.335 e. The Balaban J connectivity index is 2.24. The van der Waals surface area contributed by atoms with Crippen molar-refractivity contribution in [2.45, 2.75) is 52.4 Å². The first kappa shape index (κ1) is 29.3. The lowest BCUT2D eigenvalue weighted by molar-refractivity contribution is -0.139. The van der Waals surface area contributed by atoms with E-state index in [1.54, 1.807) is 13.8 Å². The molecular weight excluding hydrogens is 468 g/mol. The molecule has 0 saturated carbocycles. The summed E-state index contributed by atoms with van der Waals surface area (Å²) < 4.78 is 16.1. The molecule has 2 aromatic carbocycles. The van der Waals surface area contributed by atoms with Gasteiger partial charge in [-0.1, -0.05) is 50.1 Å². The molecular formula is C31H36O6. The van der Waals surface area contributed by atoms with Crippen molar-refractivity contribution in [3.8, 4) is 16.9 Å². The average molecular weight is 505 g/mol. The Hall–Kier alpha value is -3.93. The van der Waals surface area contributed by atoms with E-state index >= 15 is 0 Å². The predicted octanol–water partition coefficient (Wildman–Crippen LogP) is 6.33. The molecule has 0 N–H and O–H groups in total. The first-order chi connectivity index (χ1) is 17.7. The van der Waals surface area contributed by atoms with Crippen molar-refractivity contribution in [2.75, 3.05) is 13.2 Å². The zero-order valence-electron chi connectivity index (χ0n) is 21.8. The predicted molar refractivity (Wildman–Crippen MR) is 145 cm³/mol. The van der Waals surface area contributed by atoms with Crippen molar-refractivity contribution in [2.24, 2.45) is 0 Å². The van der Waals surface area contributed by atoms with E-state index in [4.69, 9.17) is 14.2 Å². The molecule has 0 saturated heterocycles. The van der Waals surface area contributed by atoms with Gasteiger partial charge in [0, 0.05) is 17.2 Å². The Morgan fingerprint density at radius 1 is 0.757 bits per heavy atom. The molecule has 0 aliphatic carbocycles. The molecule has 0 unspecified atom stereocenters. The lowest BCUT2D eigenvalue weighted by Crippen LogP contribution is -2.10. The molecule has 0 aliphatic heterocycles. The number of hydrogen-bond acceptors (Lipinski definition) is 6. The maximum atomic E-state index is 12.2. The van der Waals surface area contributed by atoms with Gasteiger partial charge in [-0.25, -0.2) is 14.4 Å². The number of esters is 3. The van der Waals surface area contributed by atoms with Crippen LogP contribution in [0.25, 0.3) is 11.1 Å². The fourth-order valence-corrected chi connectivity index (χ4v) is 3.61. The van der Waals surface area contributed by atoms with Gasteiger partial charge in [-0.05, 0) is 86.8 Å². The highest BCUT2D eigenvalue weighted by Crippen LogP contribution is 2.33. The van der Waals surface area contributed by atoms with E-state index in [1.165, 1.54) is 0 Å². The van der Waals surface area contributed by atoms with Crippen LogP contribution in [0.15, 0.2) is 79.4 Å². The first-order valence-corrected chi connectivity index (χ1v) is 12.4. The van der Waals surface area contributed by atoms with E-state index < -0.39 is 17.9 Å². The summed E-state index contributed by atoms with van der Waals surface area (Å²) in [4.78, 5) is 35.5. The van der Waals surface area contributed by atoms with Gasteiger partial charge < -0.3 is 14.2 Å². The van der Waals surface area contributed by atoms with Gasteiger partial charge in [-0.3, -0.25) is 0 Å². The SMILES string of the molecule is C=CC(=O)Oc1c(CCCCOC(=O)C(=C)C)cc(-c2ccccc2)cc1CCCCOC(=O)C(=C)C. The molecule has 0 amide bonds. The molecule has 0 fully saturated rings. The lowest BCUT2D eigenvalue weighted by Gasteiger charge is -2.17. The summed E-state index contributed by atoms with van der Waals surface area (Å²) in [5.74, 6) is -0.797. The molecule has 6 heteroatoms. The third-order valence-electron chi connectivity index (χ3n) is 5.56. The largest absolute Gasteiger partial charge is 0.462 e. The molecule has 0 bridgehead atoms. The van der Waals surface area contributed by atoms with Crippen LogP contribution in [-0.2, 0) is 36.7 Å². The summed E-state index contributed by atoms with van der Waals surface area (Å²) in [6, 6.07) is 14.1. The molecule has 0 aromatic heterocycles. The van der Waals surface area contributed by atoms with Crippen molar-refractivity contribution >= 4 is 17.9 Å². The van der Waals surface area contributed by atoms with Crippen LogP contribution in [0.4, 0.5) is 0 Å². The summed E-state index contributed by atoms with van der Waals surface area (Å²) in [5.41, 5.74) is 4.60. The number of carbonyl (C=O) groups excluding carboxylic acids is 3. The minimum Gasteiger partial charge on any atom is -0.462 e. The first-order valence-electron chi connectivity index (χ1n) is 12.4. The van der Waals surface area contributed by atoms with Gasteiger partial charge in [0.15, 0.2) is 0 Å². The van der Waals surface area contributed by atoms with E-state index in [0.717, 1.165) is 41.2 Å². The molecule has 0 heterocycles. The Bertz CT molecular complexity index is 1070. The number of carbonyl (C=O) groups is 3. The van der Waals surface area contributed by atoms with Crippen LogP contribution in [0.3, 0.4) is 0 Å². The van der Waals surface area contributed by atoms with Crippen LogP contribution in [-0.4, -0.2) is 31.1 Å². The van der Waals surface area contributed by atoms with Gasteiger partial charge >= 0.3 is 17.9 Å². The van der Waals surface area contributed by atoms with Gasteiger partial charge in [0.05, 0.1) is 13.2 Å². The van der Waals surface area contributed by atoms with Gasteiger partial charge in [-0.15, -0.1) is 0 Å². The van der Waals surface area contributed by atoms with E-state index in [0.29, 0.717) is 55.8 Å². The molecule has 0 atom stereocenters. The van der Waals surface area contributed by atoms with Gasteiger partial charge in [0.25, 0.3) is 0 Å². The second kappa shape index (κ2) is 15.2. The second-order valence-corrected chi connectivity index (χ2v) is 8.86. The third kappa shape index (κ3) is 9.92. The topological polar surface area (TPSA) is 78.9 Å². The quantitative estimate of drug-likeness (QED) is 0.122. The van der Waals surface area contributed by atoms with E-state index in [9.17, 15) is 14.4 Å². The molecule has 196 valence electrons. The highest BCUT2D eigenvalue weighted by molar-refractivity contribution is 5.87. The smallest absolute Gasteiger partial charge is 0.335 e. The number of aryl methyl sites for hydroxylation is 2. The maximum absolute atomic E-state index is 12.2. The standard InChI is InChI=1S/C31H36O6/c1-6-28(32)37-29-25(16-10-12-18-35-30(33)22(2)3)20-27(24-14-8-7-9-15-24)21-26(29)17-11-13-19-36-31(34)23(4)5/h6-9,14-15,20-21H,1-2,4,10-13,16-19H2,3,5H3.